The zero-order chi connectivity index (χ0) is 23.8. The van der Waals surface area contributed by atoms with Gasteiger partial charge in [0.05, 0.1) is 0 Å². The third kappa shape index (κ3) is 6.44. The molecule has 0 aliphatic rings. The summed E-state index contributed by atoms with van der Waals surface area (Å²) in [5, 5.41) is 1.42. The van der Waals surface area contributed by atoms with Crippen LogP contribution in [0.2, 0.25) is 0 Å². The van der Waals surface area contributed by atoms with E-state index < -0.39 is 0 Å². The van der Waals surface area contributed by atoms with E-state index in [1.54, 1.807) is 0 Å². The van der Waals surface area contributed by atoms with Crippen molar-refractivity contribution >= 4 is 24.5 Å². The van der Waals surface area contributed by atoms with Crippen LogP contribution in [0.25, 0.3) is 5.57 Å². The average Bonchev–Trinajstić information content (AvgIpc) is 2.58. The second-order valence-corrected chi connectivity index (χ2v) is 13.8. The van der Waals surface area contributed by atoms with Crippen molar-refractivity contribution in [2.24, 2.45) is 5.41 Å². The molecule has 0 nitrogen and oxygen atoms in total. The molecule has 2 rings (SSSR count). The maximum Gasteiger partial charge on any atom is 0.0171 e. The van der Waals surface area contributed by atoms with Crippen LogP contribution in [0.15, 0.2) is 42.5 Å². The van der Waals surface area contributed by atoms with Gasteiger partial charge in [0.2, 0.25) is 0 Å². The summed E-state index contributed by atoms with van der Waals surface area (Å²) in [7, 11) is 1.16. The van der Waals surface area contributed by atoms with E-state index in [1.807, 2.05) is 0 Å². The average molecular weight is 435 g/mol. The summed E-state index contributed by atoms with van der Waals surface area (Å²) >= 11 is 0. The number of benzene rings is 2. The highest BCUT2D eigenvalue weighted by molar-refractivity contribution is 7.47. The van der Waals surface area contributed by atoms with Gasteiger partial charge in [0.15, 0.2) is 0 Å². The van der Waals surface area contributed by atoms with Crippen molar-refractivity contribution in [2.45, 2.75) is 99.3 Å². The number of allylic oxidation sites excluding steroid dienone is 1. The SMILES string of the molecule is CC(C)(C)C(=C=Pc1c(C(C)(C)C)cc(C(C)(C)C)cc1C(C)(C)C)c1ccccc1. The van der Waals surface area contributed by atoms with Gasteiger partial charge in [0.25, 0.3) is 0 Å². The Morgan fingerprint density at radius 1 is 0.645 bits per heavy atom. The van der Waals surface area contributed by atoms with Crippen molar-refractivity contribution in [2.75, 3.05) is 0 Å². The summed E-state index contributed by atoms with van der Waals surface area (Å²) in [6, 6.07) is 15.7. The molecule has 0 unspecified atom stereocenters. The molecule has 0 radical (unpaired) electrons. The quantitative estimate of drug-likeness (QED) is 0.415. The van der Waals surface area contributed by atoms with E-state index in [-0.39, 0.29) is 21.7 Å². The van der Waals surface area contributed by atoms with Gasteiger partial charge in [0, 0.05) is 10.9 Å². The molecule has 31 heavy (non-hydrogen) atoms. The number of hydrogen-bond acceptors (Lipinski definition) is 0. The Morgan fingerprint density at radius 3 is 1.45 bits per heavy atom. The Bertz CT molecular complexity index is 937. The Hall–Kier alpha value is -1.61. The van der Waals surface area contributed by atoms with E-state index in [0.29, 0.717) is 0 Å². The van der Waals surface area contributed by atoms with Gasteiger partial charge < -0.3 is 0 Å². The lowest BCUT2D eigenvalue weighted by atomic mass is 9.75. The van der Waals surface area contributed by atoms with Crippen molar-refractivity contribution in [1.29, 1.82) is 0 Å². The second-order valence-electron chi connectivity index (χ2n) is 12.9. The van der Waals surface area contributed by atoms with Crippen molar-refractivity contribution in [3.63, 3.8) is 0 Å². The van der Waals surface area contributed by atoms with Crippen LogP contribution in [-0.4, -0.2) is 5.45 Å². The van der Waals surface area contributed by atoms with Crippen LogP contribution in [0.5, 0.6) is 0 Å². The van der Waals surface area contributed by atoms with Gasteiger partial charge >= 0.3 is 0 Å². The van der Waals surface area contributed by atoms with Crippen LogP contribution in [-0.2, 0) is 16.2 Å². The molecular weight excluding hydrogens is 391 g/mol. The number of hydrogen-bond donors (Lipinski definition) is 0. The van der Waals surface area contributed by atoms with Crippen LogP contribution in [0.4, 0.5) is 0 Å². The lowest BCUT2D eigenvalue weighted by molar-refractivity contribution is 0.554. The fourth-order valence-corrected chi connectivity index (χ4v) is 5.44. The first kappa shape index (κ1) is 25.6. The molecule has 0 saturated heterocycles. The summed E-state index contributed by atoms with van der Waals surface area (Å²) < 4.78 is 0. The molecule has 0 N–H and O–H groups in total. The van der Waals surface area contributed by atoms with Crippen molar-refractivity contribution < 1.29 is 0 Å². The predicted octanol–water partition coefficient (Wildman–Crippen LogP) is 8.68. The highest BCUT2D eigenvalue weighted by Crippen LogP contribution is 2.36. The first-order valence-electron chi connectivity index (χ1n) is 11.5. The molecule has 0 atom stereocenters. The Kier molecular flexibility index (Phi) is 7.22. The van der Waals surface area contributed by atoms with Gasteiger partial charge in [-0.25, -0.2) is 0 Å². The molecule has 0 aromatic heterocycles. The van der Waals surface area contributed by atoms with Gasteiger partial charge in [0.1, 0.15) is 0 Å². The molecule has 1 heteroatoms. The smallest absolute Gasteiger partial charge is 0.0171 e. The summed E-state index contributed by atoms with van der Waals surface area (Å²) in [4.78, 5) is 0. The van der Waals surface area contributed by atoms with Crippen molar-refractivity contribution in [3.8, 4) is 0 Å². The Morgan fingerprint density at radius 2 is 1.10 bits per heavy atom. The van der Waals surface area contributed by atoms with E-state index >= 15 is 0 Å². The fraction of sp³-hybridized carbons (Fsp3) is 0.533. The zero-order valence-electron chi connectivity index (χ0n) is 22.0. The predicted molar refractivity (Wildman–Crippen MR) is 143 cm³/mol. The van der Waals surface area contributed by atoms with E-state index in [4.69, 9.17) is 0 Å². The lowest BCUT2D eigenvalue weighted by Gasteiger charge is -2.32. The van der Waals surface area contributed by atoms with E-state index in [9.17, 15) is 0 Å². The molecule has 0 bridgehead atoms. The summed E-state index contributed by atoms with van der Waals surface area (Å²) in [5.74, 6) is 0. The Balaban J connectivity index is 2.96. The number of rotatable bonds is 2. The van der Waals surface area contributed by atoms with Gasteiger partial charge in [-0.15, -0.1) is 0 Å². The zero-order valence-corrected chi connectivity index (χ0v) is 22.9. The first-order valence-corrected chi connectivity index (χ1v) is 12.4. The van der Waals surface area contributed by atoms with Gasteiger partial charge in [-0.1, -0.05) is 131 Å². The largest absolute Gasteiger partial charge is 0.0839 e. The molecule has 0 aliphatic heterocycles. The van der Waals surface area contributed by atoms with Crippen LogP contribution in [0.3, 0.4) is 0 Å². The van der Waals surface area contributed by atoms with Gasteiger partial charge in [-0.05, 0) is 52.1 Å². The second kappa shape index (κ2) is 8.73. The normalized spacial score (nSPS) is 13.3. The van der Waals surface area contributed by atoms with Crippen molar-refractivity contribution in [1.82, 2.24) is 0 Å². The molecule has 0 saturated carbocycles. The fourth-order valence-electron chi connectivity index (χ4n) is 3.71. The maximum atomic E-state index is 3.86. The van der Waals surface area contributed by atoms with Crippen LogP contribution >= 0.6 is 8.20 Å². The van der Waals surface area contributed by atoms with Crippen LogP contribution in [0, 0.1) is 5.41 Å². The third-order valence-electron chi connectivity index (χ3n) is 5.68. The monoisotopic (exact) mass is 434 g/mol. The molecule has 2 aromatic carbocycles. The molecule has 0 fully saturated rings. The molecular formula is C30H43P. The highest BCUT2D eigenvalue weighted by Gasteiger charge is 2.28. The minimum atomic E-state index is 0.0312. The van der Waals surface area contributed by atoms with Gasteiger partial charge in [-0.2, -0.15) is 0 Å². The molecule has 2 aromatic rings. The third-order valence-corrected chi connectivity index (χ3v) is 6.72. The minimum Gasteiger partial charge on any atom is -0.0839 e. The lowest BCUT2D eigenvalue weighted by Crippen LogP contribution is -2.29. The molecule has 168 valence electrons. The molecule has 0 heterocycles. The van der Waals surface area contributed by atoms with Gasteiger partial charge in [-0.3, -0.25) is 0 Å². The molecule has 0 amide bonds. The van der Waals surface area contributed by atoms with E-state index in [1.165, 1.54) is 33.1 Å². The van der Waals surface area contributed by atoms with E-state index in [2.05, 4.69) is 131 Å². The van der Waals surface area contributed by atoms with Crippen LogP contribution < -0.4 is 5.30 Å². The van der Waals surface area contributed by atoms with E-state index in [0.717, 1.165) is 8.20 Å². The minimum absolute atomic E-state index is 0.0312. The van der Waals surface area contributed by atoms with Crippen LogP contribution in [0.1, 0.15) is 105 Å². The van der Waals surface area contributed by atoms with Crippen molar-refractivity contribution in [3.05, 3.63) is 64.7 Å². The maximum absolute atomic E-state index is 3.86. The summed E-state index contributed by atoms with van der Waals surface area (Å²) in [6.07, 6.45) is 0. The summed E-state index contributed by atoms with van der Waals surface area (Å²) in [6.45, 7) is 27.8. The topological polar surface area (TPSA) is 0 Å². The first-order chi connectivity index (χ1) is 13.9. The molecule has 0 spiro atoms. The molecule has 0 aliphatic carbocycles. The standard InChI is InChI=1S/C30H43P/c1-27(2,3)22-18-23(28(4,5)6)26(24(19-22)29(7,8)9)31-20-25(30(10,11)12)21-16-14-13-15-17-21/h13-19H,1-12H3. The summed E-state index contributed by atoms with van der Waals surface area (Å²) in [5.41, 5.74) is 11.0. The highest BCUT2D eigenvalue weighted by atomic mass is 31.1. The Labute approximate surface area is 194 Å².